The molecule has 1 rings (SSSR count). The van der Waals surface area contributed by atoms with Crippen molar-refractivity contribution in [3.63, 3.8) is 0 Å². The largest absolute Gasteiger partial charge is 0.391 e. The van der Waals surface area contributed by atoms with Crippen LogP contribution in [0.3, 0.4) is 0 Å². The molecule has 0 amide bonds. The molecule has 0 aromatic heterocycles. The van der Waals surface area contributed by atoms with Crippen molar-refractivity contribution in [1.29, 1.82) is 0 Å². The van der Waals surface area contributed by atoms with Crippen molar-refractivity contribution in [2.75, 3.05) is 6.61 Å². The maximum Gasteiger partial charge on any atom is 0.247 e. The van der Waals surface area contributed by atoms with Crippen molar-refractivity contribution in [2.45, 2.75) is 76.3 Å². The second-order valence-electron chi connectivity index (χ2n) is 5.05. The Hall–Kier alpha value is -0.160. The van der Waals surface area contributed by atoms with Gasteiger partial charge in [-0.25, -0.2) is 0 Å². The molecule has 1 aliphatic heterocycles. The third-order valence-electron chi connectivity index (χ3n) is 3.49. The van der Waals surface area contributed by atoms with Gasteiger partial charge < -0.3 is 20.1 Å². The minimum absolute atomic E-state index is 0.402. The van der Waals surface area contributed by atoms with E-state index in [-0.39, 0.29) is 0 Å². The van der Waals surface area contributed by atoms with Gasteiger partial charge in [-0.05, 0) is 6.42 Å². The van der Waals surface area contributed by atoms with Crippen LogP contribution in [0.1, 0.15) is 64.7 Å². The van der Waals surface area contributed by atoms with E-state index in [1.807, 2.05) is 0 Å². The molecule has 4 heteroatoms. The van der Waals surface area contributed by atoms with Crippen LogP contribution >= 0.6 is 0 Å². The molecule has 0 bridgehead atoms. The number of hydrogen-bond acceptors (Lipinski definition) is 4. The number of ether oxygens (including phenoxy) is 1. The first-order valence-electron chi connectivity index (χ1n) is 6.84. The van der Waals surface area contributed by atoms with E-state index >= 15 is 0 Å². The van der Waals surface area contributed by atoms with Crippen LogP contribution in [0.4, 0.5) is 0 Å². The Morgan fingerprint density at radius 1 is 0.824 bits per heavy atom. The lowest BCUT2D eigenvalue weighted by molar-refractivity contribution is -0.0245. The molecule has 0 spiro atoms. The molecule has 4 nitrogen and oxygen atoms in total. The van der Waals surface area contributed by atoms with Crippen LogP contribution in [0.15, 0.2) is 0 Å². The summed E-state index contributed by atoms with van der Waals surface area (Å²) in [4.78, 5) is 0. The second kappa shape index (κ2) is 6.69. The summed E-state index contributed by atoms with van der Waals surface area (Å²) in [6, 6.07) is 0. The van der Waals surface area contributed by atoms with E-state index in [0.29, 0.717) is 6.42 Å². The highest BCUT2D eigenvalue weighted by molar-refractivity contribution is 4.99. The van der Waals surface area contributed by atoms with Gasteiger partial charge in [-0.3, -0.25) is 0 Å². The molecule has 0 aromatic rings. The predicted octanol–water partition coefficient (Wildman–Crippen LogP) is 1.92. The molecule has 0 saturated carbocycles. The molecule has 3 N–H and O–H groups in total. The lowest BCUT2D eigenvalue weighted by Gasteiger charge is -2.07. The fourth-order valence-corrected chi connectivity index (χ4v) is 2.15. The monoisotopic (exact) mass is 246 g/mol. The summed E-state index contributed by atoms with van der Waals surface area (Å²) >= 11 is 0. The number of epoxide rings is 1. The lowest BCUT2D eigenvalue weighted by Crippen LogP contribution is -2.29. The van der Waals surface area contributed by atoms with Crippen molar-refractivity contribution in [3.05, 3.63) is 0 Å². The summed E-state index contributed by atoms with van der Waals surface area (Å²) in [6.07, 6.45) is 9.86. The minimum Gasteiger partial charge on any atom is -0.391 e. The Balaban J connectivity index is 1.92. The van der Waals surface area contributed by atoms with Gasteiger partial charge in [0.2, 0.25) is 11.6 Å². The first kappa shape index (κ1) is 14.9. The van der Waals surface area contributed by atoms with Crippen molar-refractivity contribution in [1.82, 2.24) is 0 Å². The van der Waals surface area contributed by atoms with Gasteiger partial charge in [0.15, 0.2) is 0 Å². The van der Waals surface area contributed by atoms with Gasteiger partial charge in [0, 0.05) is 6.42 Å². The van der Waals surface area contributed by atoms with Crippen molar-refractivity contribution >= 4 is 0 Å². The Labute approximate surface area is 104 Å². The number of aliphatic hydroxyl groups is 3. The first-order chi connectivity index (χ1) is 8.08. The molecule has 1 aliphatic rings. The maximum absolute atomic E-state index is 9.69. The smallest absolute Gasteiger partial charge is 0.247 e. The van der Waals surface area contributed by atoms with Gasteiger partial charge >= 0.3 is 0 Å². The number of unbranched alkanes of at least 4 members (excludes halogenated alkanes) is 7. The van der Waals surface area contributed by atoms with Gasteiger partial charge in [-0.2, -0.15) is 0 Å². The van der Waals surface area contributed by atoms with E-state index in [2.05, 4.69) is 6.92 Å². The molecule has 1 heterocycles. The Morgan fingerprint density at radius 3 is 1.82 bits per heavy atom. The quantitative estimate of drug-likeness (QED) is 0.407. The number of hydrogen-bond donors (Lipinski definition) is 3. The van der Waals surface area contributed by atoms with Gasteiger partial charge in [-0.1, -0.05) is 51.9 Å². The van der Waals surface area contributed by atoms with Crippen LogP contribution in [-0.2, 0) is 4.74 Å². The van der Waals surface area contributed by atoms with Crippen LogP contribution in [0, 0.1) is 0 Å². The van der Waals surface area contributed by atoms with Crippen LogP contribution in [0.2, 0.25) is 0 Å². The van der Waals surface area contributed by atoms with Crippen molar-refractivity contribution in [3.8, 4) is 0 Å². The van der Waals surface area contributed by atoms with Crippen LogP contribution in [-0.4, -0.2) is 33.5 Å². The summed E-state index contributed by atoms with van der Waals surface area (Å²) in [6.45, 7) is 1.67. The molecule has 1 fully saturated rings. The van der Waals surface area contributed by atoms with E-state index in [4.69, 9.17) is 9.84 Å². The highest BCUT2D eigenvalue weighted by Gasteiger charge is 2.68. The maximum atomic E-state index is 9.69. The van der Waals surface area contributed by atoms with Crippen LogP contribution in [0.5, 0.6) is 0 Å². The summed E-state index contributed by atoms with van der Waals surface area (Å²) in [7, 11) is 0. The zero-order valence-electron chi connectivity index (χ0n) is 10.8. The molecule has 0 radical (unpaired) electrons. The Kier molecular flexibility index (Phi) is 5.86. The van der Waals surface area contributed by atoms with Crippen molar-refractivity contribution in [2.24, 2.45) is 0 Å². The zero-order chi connectivity index (χ0) is 12.8. The van der Waals surface area contributed by atoms with E-state index in [1.165, 1.54) is 32.1 Å². The summed E-state index contributed by atoms with van der Waals surface area (Å²) in [5.41, 5.74) is 0. The normalized spacial score (nSPS) is 31.8. The summed E-state index contributed by atoms with van der Waals surface area (Å²) in [5.74, 6) is -3.20. The number of aliphatic hydroxyl groups excluding tert-OH is 1. The zero-order valence-corrected chi connectivity index (χ0v) is 10.8. The molecule has 1 saturated heterocycles. The fourth-order valence-electron chi connectivity index (χ4n) is 2.15. The molecule has 2 unspecified atom stereocenters. The predicted molar refractivity (Wildman–Crippen MR) is 65.3 cm³/mol. The molecule has 0 aromatic carbocycles. The highest BCUT2D eigenvalue weighted by atomic mass is 16.8. The standard InChI is InChI=1S/C13H26O4/c1-2-3-4-5-6-7-8-9-10-12(15)13(16,11-14)17-12/h14-16H,2-11H2,1H3. The molecular formula is C13H26O4. The van der Waals surface area contributed by atoms with Gasteiger partial charge in [0.25, 0.3) is 0 Å². The first-order valence-corrected chi connectivity index (χ1v) is 6.84. The van der Waals surface area contributed by atoms with E-state index in [9.17, 15) is 10.2 Å². The average molecular weight is 246 g/mol. The molecular weight excluding hydrogens is 220 g/mol. The lowest BCUT2D eigenvalue weighted by atomic mass is 10.0. The van der Waals surface area contributed by atoms with E-state index in [1.54, 1.807) is 0 Å². The van der Waals surface area contributed by atoms with E-state index < -0.39 is 18.2 Å². The van der Waals surface area contributed by atoms with Crippen molar-refractivity contribution < 1.29 is 20.1 Å². The Morgan fingerprint density at radius 2 is 1.35 bits per heavy atom. The highest BCUT2D eigenvalue weighted by Crippen LogP contribution is 2.46. The summed E-state index contributed by atoms with van der Waals surface area (Å²) < 4.78 is 4.76. The third-order valence-corrected chi connectivity index (χ3v) is 3.49. The SMILES string of the molecule is CCCCCCCCCCC1(O)OC1(O)CO. The third kappa shape index (κ3) is 4.21. The number of rotatable bonds is 10. The molecule has 102 valence electrons. The molecule has 0 aliphatic carbocycles. The van der Waals surface area contributed by atoms with Gasteiger partial charge in [-0.15, -0.1) is 0 Å². The minimum atomic E-state index is -1.70. The van der Waals surface area contributed by atoms with Crippen LogP contribution < -0.4 is 0 Å². The van der Waals surface area contributed by atoms with Crippen LogP contribution in [0.25, 0.3) is 0 Å². The second-order valence-corrected chi connectivity index (χ2v) is 5.05. The summed E-state index contributed by atoms with van der Waals surface area (Å²) in [5, 5.41) is 27.9. The molecule has 17 heavy (non-hydrogen) atoms. The topological polar surface area (TPSA) is 73.2 Å². The van der Waals surface area contributed by atoms with E-state index in [0.717, 1.165) is 19.3 Å². The molecule has 2 atom stereocenters. The average Bonchev–Trinajstić information content (AvgIpc) is 2.86. The fraction of sp³-hybridized carbons (Fsp3) is 1.00. The van der Waals surface area contributed by atoms with Gasteiger partial charge in [0.1, 0.15) is 6.61 Å². The Bertz CT molecular complexity index is 221. The van der Waals surface area contributed by atoms with Gasteiger partial charge in [0.05, 0.1) is 0 Å².